The molecule has 0 N–H and O–H groups in total. The molecule has 138 valence electrons. The molecule has 0 radical (unpaired) electrons. The van der Waals surface area contributed by atoms with Crippen molar-refractivity contribution in [2.24, 2.45) is 0 Å². The Balaban J connectivity index is 1.43. The Bertz CT molecular complexity index is 1050. The standard InChI is InChI=1S/C24H17ClO3/c25-19-10-8-18(9-11-19)15-23-24(26)21-13-12-20(16-22(21)28-23)27-14-4-7-17-5-2-1-3-6-17/h1-13,15-16H,14H2/b7-4+,23-15-. The molecule has 1 aliphatic rings. The summed E-state index contributed by atoms with van der Waals surface area (Å²) in [5.74, 6) is 1.31. The molecule has 0 fully saturated rings. The first-order chi connectivity index (χ1) is 13.7. The van der Waals surface area contributed by atoms with Crippen LogP contribution in [0.5, 0.6) is 11.5 Å². The lowest BCUT2D eigenvalue weighted by Crippen LogP contribution is -1.97. The van der Waals surface area contributed by atoms with E-state index in [1.54, 1.807) is 36.4 Å². The molecule has 3 aromatic rings. The van der Waals surface area contributed by atoms with Crippen LogP contribution in [-0.4, -0.2) is 12.4 Å². The molecular formula is C24H17ClO3. The molecule has 28 heavy (non-hydrogen) atoms. The third-order valence-electron chi connectivity index (χ3n) is 4.27. The Labute approximate surface area is 168 Å². The van der Waals surface area contributed by atoms with Crippen molar-refractivity contribution in [1.29, 1.82) is 0 Å². The van der Waals surface area contributed by atoms with Crippen LogP contribution in [-0.2, 0) is 0 Å². The topological polar surface area (TPSA) is 35.5 Å². The first-order valence-corrected chi connectivity index (χ1v) is 9.25. The van der Waals surface area contributed by atoms with Crippen molar-refractivity contribution in [3.63, 3.8) is 0 Å². The van der Waals surface area contributed by atoms with E-state index in [2.05, 4.69) is 0 Å². The smallest absolute Gasteiger partial charge is 0.231 e. The van der Waals surface area contributed by atoms with Gasteiger partial charge in [0.15, 0.2) is 5.76 Å². The van der Waals surface area contributed by atoms with Crippen LogP contribution >= 0.6 is 11.6 Å². The number of ether oxygens (including phenoxy) is 2. The Kier molecular flexibility index (Phi) is 5.27. The van der Waals surface area contributed by atoms with E-state index in [1.165, 1.54) is 0 Å². The number of fused-ring (bicyclic) bond motifs is 1. The van der Waals surface area contributed by atoms with Crippen LogP contribution in [0.3, 0.4) is 0 Å². The normalized spacial score (nSPS) is 14.3. The van der Waals surface area contributed by atoms with Gasteiger partial charge in [-0.05, 0) is 47.5 Å². The third kappa shape index (κ3) is 4.16. The summed E-state index contributed by atoms with van der Waals surface area (Å²) in [5.41, 5.74) is 2.50. The van der Waals surface area contributed by atoms with Crippen molar-refractivity contribution in [2.75, 3.05) is 6.61 Å². The zero-order chi connectivity index (χ0) is 19.3. The number of halogens is 1. The average Bonchev–Trinajstić information content (AvgIpc) is 3.03. The summed E-state index contributed by atoms with van der Waals surface area (Å²) in [5, 5.41) is 0.646. The maximum absolute atomic E-state index is 12.5. The van der Waals surface area contributed by atoms with Gasteiger partial charge in [-0.3, -0.25) is 4.79 Å². The zero-order valence-corrected chi connectivity index (χ0v) is 15.7. The van der Waals surface area contributed by atoms with Crippen LogP contribution in [0.2, 0.25) is 5.02 Å². The van der Waals surface area contributed by atoms with Gasteiger partial charge in [0, 0.05) is 11.1 Å². The van der Waals surface area contributed by atoms with Crippen LogP contribution in [0.25, 0.3) is 12.2 Å². The lowest BCUT2D eigenvalue weighted by atomic mass is 10.1. The molecule has 0 unspecified atom stereocenters. The number of hydrogen-bond acceptors (Lipinski definition) is 3. The molecule has 3 nitrogen and oxygen atoms in total. The van der Waals surface area contributed by atoms with Crippen LogP contribution in [0.4, 0.5) is 0 Å². The second-order valence-corrected chi connectivity index (χ2v) is 6.71. The van der Waals surface area contributed by atoms with Crippen molar-refractivity contribution in [3.8, 4) is 11.5 Å². The van der Waals surface area contributed by atoms with Gasteiger partial charge in [-0.1, -0.05) is 60.1 Å². The fourth-order valence-corrected chi connectivity index (χ4v) is 2.99. The Morgan fingerprint density at radius 3 is 2.50 bits per heavy atom. The van der Waals surface area contributed by atoms with Gasteiger partial charge < -0.3 is 9.47 Å². The maximum Gasteiger partial charge on any atom is 0.231 e. The fourth-order valence-electron chi connectivity index (χ4n) is 2.86. The van der Waals surface area contributed by atoms with E-state index in [1.807, 2.05) is 54.6 Å². The molecule has 1 heterocycles. The molecule has 0 saturated carbocycles. The highest BCUT2D eigenvalue weighted by molar-refractivity contribution is 6.30. The molecule has 0 bridgehead atoms. The minimum atomic E-state index is -0.138. The van der Waals surface area contributed by atoms with Crippen LogP contribution in [0, 0.1) is 0 Å². The molecule has 0 spiro atoms. The maximum atomic E-state index is 12.5. The van der Waals surface area contributed by atoms with Gasteiger partial charge in [-0.25, -0.2) is 0 Å². The highest BCUT2D eigenvalue weighted by atomic mass is 35.5. The van der Waals surface area contributed by atoms with Crippen molar-refractivity contribution in [2.45, 2.75) is 0 Å². The van der Waals surface area contributed by atoms with Crippen molar-refractivity contribution < 1.29 is 14.3 Å². The summed E-state index contributed by atoms with van der Waals surface area (Å²) < 4.78 is 11.5. The van der Waals surface area contributed by atoms with Gasteiger partial charge >= 0.3 is 0 Å². The monoisotopic (exact) mass is 388 g/mol. The highest BCUT2D eigenvalue weighted by Gasteiger charge is 2.27. The zero-order valence-electron chi connectivity index (χ0n) is 15.0. The first-order valence-electron chi connectivity index (χ1n) is 8.87. The first kappa shape index (κ1) is 18.1. The summed E-state index contributed by atoms with van der Waals surface area (Å²) in [6.07, 6.45) is 5.66. The number of Topliss-reactive ketones (excluding diaryl/α,β-unsaturated/α-hetero) is 1. The number of carbonyl (C=O) groups excluding carboxylic acids is 1. The van der Waals surface area contributed by atoms with Gasteiger partial charge in [0.25, 0.3) is 0 Å². The molecule has 3 aromatic carbocycles. The van der Waals surface area contributed by atoms with Crippen molar-refractivity contribution >= 4 is 29.5 Å². The number of hydrogen-bond donors (Lipinski definition) is 0. The number of allylic oxidation sites excluding steroid dienone is 1. The van der Waals surface area contributed by atoms with E-state index in [0.717, 1.165) is 11.1 Å². The van der Waals surface area contributed by atoms with E-state index < -0.39 is 0 Å². The molecular weight excluding hydrogens is 372 g/mol. The van der Waals surface area contributed by atoms with Crippen LogP contribution in [0.1, 0.15) is 21.5 Å². The minimum absolute atomic E-state index is 0.138. The molecule has 0 aliphatic carbocycles. The molecule has 0 amide bonds. The second-order valence-electron chi connectivity index (χ2n) is 6.27. The molecule has 0 aromatic heterocycles. The van der Waals surface area contributed by atoms with Crippen molar-refractivity contribution in [1.82, 2.24) is 0 Å². The molecule has 0 saturated heterocycles. The predicted molar refractivity (Wildman–Crippen MR) is 112 cm³/mol. The quantitative estimate of drug-likeness (QED) is 0.499. The minimum Gasteiger partial charge on any atom is -0.489 e. The largest absolute Gasteiger partial charge is 0.489 e. The van der Waals surface area contributed by atoms with Gasteiger partial charge in [0.05, 0.1) is 5.56 Å². The fraction of sp³-hybridized carbons (Fsp3) is 0.0417. The SMILES string of the molecule is O=C1/C(=C/c2ccc(Cl)cc2)Oc2cc(OC/C=C/c3ccccc3)ccc21. The predicted octanol–water partition coefficient (Wildman–Crippen LogP) is 6.05. The number of ketones is 1. The lowest BCUT2D eigenvalue weighted by molar-refractivity contribution is 0.101. The Hall–Kier alpha value is -3.30. The van der Waals surface area contributed by atoms with Gasteiger partial charge in [0.2, 0.25) is 5.78 Å². The van der Waals surface area contributed by atoms with E-state index in [9.17, 15) is 4.79 Å². The summed E-state index contributed by atoms with van der Waals surface area (Å²) in [4.78, 5) is 12.5. The molecule has 4 heteroatoms. The Morgan fingerprint density at radius 1 is 0.929 bits per heavy atom. The van der Waals surface area contributed by atoms with E-state index >= 15 is 0 Å². The van der Waals surface area contributed by atoms with Gasteiger partial charge in [-0.2, -0.15) is 0 Å². The van der Waals surface area contributed by atoms with Crippen LogP contribution in [0.15, 0.2) is 84.6 Å². The van der Waals surface area contributed by atoms with E-state index in [4.69, 9.17) is 21.1 Å². The van der Waals surface area contributed by atoms with Gasteiger partial charge in [-0.15, -0.1) is 0 Å². The molecule has 1 aliphatic heterocycles. The second kappa shape index (κ2) is 8.15. The third-order valence-corrected chi connectivity index (χ3v) is 4.52. The lowest BCUT2D eigenvalue weighted by Gasteiger charge is -2.04. The van der Waals surface area contributed by atoms with Crippen LogP contribution < -0.4 is 9.47 Å². The highest BCUT2D eigenvalue weighted by Crippen LogP contribution is 2.35. The van der Waals surface area contributed by atoms with Crippen molar-refractivity contribution in [3.05, 3.63) is 106 Å². The number of rotatable bonds is 5. The summed E-state index contributed by atoms with van der Waals surface area (Å²) in [6.45, 7) is 0.426. The summed E-state index contributed by atoms with van der Waals surface area (Å²) in [6, 6.07) is 22.5. The number of benzene rings is 3. The average molecular weight is 389 g/mol. The van der Waals surface area contributed by atoms with Gasteiger partial charge in [0.1, 0.15) is 18.1 Å². The Morgan fingerprint density at radius 2 is 1.71 bits per heavy atom. The van der Waals surface area contributed by atoms with E-state index in [0.29, 0.717) is 34.5 Å². The molecule has 4 rings (SSSR count). The summed E-state index contributed by atoms with van der Waals surface area (Å²) in [7, 11) is 0. The van der Waals surface area contributed by atoms with E-state index in [-0.39, 0.29) is 5.78 Å². The summed E-state index contributed by atoms with van der Waals surface area (Å²) >= 11 is 5.90. The molecule has 0 atom stereocenters. The number of carbonyl (C=O) groups is 1.